The monoisotopic (exact) mass is 333 g/mol. The molecule has 22 heavy (non-hydrogen) atoms. The van der Waals surface area contributed by atoms with Crippen LogP contribution < -0.4 is 12.4 Å². The predicted molar refractivity (Wildman–Crippen MR) is 97.8 cm³/mol. The largest absolute Gasteiger partial charge is 1.00 e. The molecular formula is C20H44ClN. The van der Waals surface area contributed by atoms with Crippen LogP contribution in [0.5, 0.6) is 0 Å². The normalized spacial score (nSPS) is 11.5. The summed E-state index contributed by atoms with van der Waals surface area (Å²) < 4.78 is 1.38. The van der Waals surface area contributed by atoms with Crippen molar-refractivity contribution in [3.05, 3.63) is 0 Å². The first-order chi connectivity index (χ1) is 10.2. The maximum absolute atomic E-state index is 2.40. The van der Waals surface area contributed by atoms with Gasteiger partial charge in [-0.05, 0) is 39.5 Å². The molecule has 0 aliphatic carbocycles. The van der Waals surface area contributed by atoms with E-state index in [1.165, 1.54) is 108 Å². The molecule has 0 spiro atoms. The Hall–Kier alpha value is 0.250. The number of quaternary nitrogens is 1. The minimum atomic E-state index is 0. The van der Waals surface area contributed by atoms with Crippen LogP contribution in [0.1, 0.15) is 105 Å². The summed E-state index contributed by atoms with van der Waals surface area (Å²) in [6, 6.07) is 0. The van der Waals surface area contributed by atoms with Gasteiger partial charge in [0.1, 0.15) is 0 Å². The lowest BCUT2D eigenvalue weighted by Gasteiger charge is -2.37. The van der Waals surface area contributed by atoms with Crippen LogP contribution in [0.2, 0.25) is 0 Å². The standard InChI is InChI=1S/C20H44N.ClH/c1-5-9-11-13-15-17-19-21(7-3,8-4)20-18-16-14-12-10-6-2;/h5-20H2,1-4H3;1H/q+1;/p-1. The van der Waals surface area contributed by atoms with Gasteiger partial charge in [-0.1, -0.05) is 65.2 Å². The zero-order chi connectivity index (χ0) is 15.8. The Morgan fingerprint density at radius 2 is 0.773 bits per heavy atom. The van der Waals surface area contributed by atoms with E-state index >= 15 is 0 Å². The highest BCUT2D eigenvalue weighted by Gasteiger charge is 2.21. The lowest BCUT2D eigenvalue weighted by atomic mass is 10.1. The molecule has 2 heteroatoms. The van der Waals surface area contributed by atoms with E-state index in [4.69, 9.17) is 0 Å². The summed E-state index contributed by atoms with van der Waals surface area (Å²) in [6.45, 7) is 14.9. The Morgan fingerprint density at radius 3 is 1.09 bits per heavy atom. The highest BCUT2D eigenvalue weighted by molar-refractivity contribution is 4.49. The van der Waals surface area contributed by atoms with Gasteiger partial charge in [0.2, 0.25) is 0 Å². The fourth-order valence-corrected chi connectivity index (χ4v) is 3.42. The molecule has 0 radical (unpaired) electrons. The number of hydrogen-bond donors (Lipinski definition) is 0. The van der Waals surface area contributed by atoms with E-state index in [-0.39, 0.29) is 12.4 Å². The van der Waals surface area contributed by atoms with Crippen LogP contribution in [0.4, 0.5) is 0 Å². The molecular weight excluding hydrogens is 290 g/mol. The van der Waals surface area contributed by atoms with Crippen molar-refractivity contribution in [2.24, 2.45) is 0 Å². The van der Waals surface area contributed by atoms with Crippen LogP contribution in [-0.2, 0) is 0 Å². The van der Waals surface area contributed by atoms with E-state index in [0.29, 0.717) is 0 Å². The first kappa shape index (κ1) is 24.5. The minimum Gasteiger partial charge on any atom is -1.00 e. The maximum Gasteiger partial charge on any atom is 0.0786 e. The molecule has 1 nitrogen and oxygen atoms in total. The lowest BCUT2D eigenvalue weighted by molar-refractivity contribution is -0.925. The topological polar surface area (TPSA) is 0 Å². The van der Waals surface area contributed by atoms with Crippen molar-refractivity contribution in [2.75, 3.05) is 26.2 Å². The molecule has 0 atom stereocenters. The van der Waals surface area contributed by atoms with Gasteiger partial charge < -0.3 is 16.9 Å². The van der Waals surface area contributed by atoms with Crippen molar-refractivity contribution in [1.82, 2.24) is 0 Å². The molecule has 0 aromatic heterocycles. The van der Waals surface area contributed by atoms with Crippen LogP contribution in [0.15, 0.2) is 0 Å². The van der Waals surface area contributed by atoms with Crippen LogP contribution in [0.25, 0.3) is 0 Å². The number of nitrogens with zero attached hydrogens (tertiary/aromatic N) is 1. The Kier molecular flexibility index (Phi) is 19.6. The van der Waals surface area contributed by atoms with Gasteiger partial charge in [0.25, 0.3) is 0 Å². The zero-order valence-electron chi connectivity index (χ0n) is 16.1. The van der Waals surface area contributed by atoms with Gasteiger partial charge in [-0.15, -0.1) is 0 Å². The molecule has 0 bridgehead atoms. The van der Waals surface area contributed by atoms with Gasteiger partial charge in [0.15, 0.2) is 0 Å². The fourth-order valence-electron chi connectivity index (χ4n) is 3.42. The quantitative estimate of drug-likeness (QED) is 0.299. The Labute approximate surface area is 148 Å². The summed E-state index contributed by atoms with van der Waals surface area (Å²) in [5.74, 6) is 0. The third-order valence-electron chi connectivity index (χ3n) is 5.31. The third kappa shape index (κ3) is 12.8. The third-order valence-corrected chi connectivity index (χ3v) is 5.31. The van der Waals surface area contributed by atoms with Crippen LogP contribution >= 0.6 is 0 Å². The highest BCUT2D eigenvalue weighted by Crippen LogP contribution is 2.15. The molecule has 0 saturated heterocycles. The van der Waals surface area contributed by atoms with E-state index in [9.17, 15) is 0 Å². The minimum absolute atomic E-state index is 0. The molecule has 0 fully saturated rings. The summed E-state index contributed by atoms with van der Waals surface area (Å²) >= 11 is 0. The van der Waals surface area contributed by atoms with Crippen molar-refractivity contribution < 1.29 is 16.9 Å². The van der Waals surface area contributed by atoms with Crippen molar-refractivity contribution in [3.63, 3.8) is 0 Å². The van der Waals surface area contributed by atoms with E-state index in [1.807, 2.05) is 0 Å². The Morgan fingerprint density at radius 1 is 0.455 bits per heavy atom. The number of hydrogen-bond acceptors (Lipinski definition) is 0. The van der Waals surface area contributed by atoms with E-state index in [2.05, 4.69) is 27.7 Å². The first-order valence-electron chi connectivity index (χ1n) is 10.1. The summed E-state index contributed by atoms with van der Waals surface area (Å²) in [6.07, 6.45) is 17.2. The van der Waals surface area contributed by atoms with Crippen LogP contribution in [-0.4, -0.2) is 30.7 Å². The fraction of sp³-hybridized carbons (Fsp3) is 1.00. The maximum atomic E-state index is 2.40. The van der Waals surface area contributed by atoms with Crippen molar-refractivity contribution in [2.45, 2.75) is 105 Å². The van der Waals surface area contributed by atoms with E-state index in [0.717, 1.165) is 0 Å². The Balaban J connectivity index is 0. The second kappa shape index (κ2) is 17.6. The van der Waals surface area contributed by atoms with Crippen LogP contribution in [0, 0.1) is 0 Å². The van der Waals surface area contributed by atoms with E-state index in [1.54, 1.807) is 0 Å². The first-order valence-corrected chi connectivity index (χ1v) is 10.1. The molecule has 0 heterocycles. The zero-order valence-corrected chi connectivity index (χ0v) is 16.9. The molecule has 0 N–H and O–H groups in total. The van der Waals surface area contributed by atoms with Gasteiger partial charge in [0.05, 0.1) is 26.2 Å². The molecule has 0 unspecified atom stereocenters. The molecule has 0 aromatic rings. The predicted octanol–water partition coefficient (Wildman–Crippen LogP) is 3.57. The average molecular weight is 334 g/mol. The SMILES string of the molecule is CCCCCCCC[N+](CC)(CC)CCCCCCCC.[Cl-]. The molecule has 0 rings (SSSR count). The van der Waals surface area contributed by atoms with Crippen molar-refractivity contribution in [3.8, 4) is 0 Å². The Bertz CT molecular complexity index is 184. The van der Waals surface area contributed by atoms with E-state index < -0.39 is 0 Å². The summed E-state index contributed by atoms with van der Waals surface area (Å²) in [5, 5.41) is 0. The molecule has 0 saturated carbocycles. The molecule has 0 aliphatic rings. The van der Waals surface area contributed by atoms with Crippen molar-refractivity contribution >= 4 is 0 Å². The highest BCUT2D eigenvalue weighted by atomic mass is 35.5. The molecule has 0 aromatic carbocycles. The number of rotatable bonds is 16. The summed E-state index contributed by atoms with van der Waals surface area (Å²) in [5.41, 5.74) is 0. The lowest BCUT2D eigenvalue weighted by Crippen LogP contribution is -3.00. The van der Waals surface area contributed by atoms with Crippen molar-refractivity contribution in [1.29, 1.82) is 0 Å². The summed E-state index contributed by atoms with van der Waals surface area (Å²) in [7, 11) is 0. The van der Waals surface area contributed by atoms with Crippen LogP contribution in [0.3, 0.4) is 0 Å². The average Bonchev–Trinajstić information content (AvgIpc) is 2.52. The second-order valence-electron chi connectivity index (χ2n) is 6.96. The van der Waals surface area contributed by atoms with Gasteiger partial charge in [-0.25, -0.2) is 0 Å². The van der Waals surface area contributed by atoms with Gasteiger partial charge in [-0.3, -0.25) is 0 Å². The van der Waals surface area contributed by atoms with Gasteiger partial charge in [0, 0.05) is 0 Å². The van der Waals surface area contributed by atoms with Gasteiger partial charge >= 0.3 is 0 Å². The summed E-state index contributed by atoms with van der Waals surface area (Å²) in [4.78, 5) is 0. The number of halogens is 1. The second-order valence-corrected chi connectivity index (χ2v) is 6.96. The number of unbranched alkanes of at least 4 members (excludes halogenated alkanes) is 10. The molecule has 0 amide bonds. The van der Waals surface area contributed by atoms with Gasteiger partial charge in [-0.2, -0.15) is 0 Å². The smallest absolute Gasteiger partial charge is 0.0786 e. The molecule has 136 valence electrons. The molecule has 0 aliphatic heterocycles.